The van der Waals surface area contributed by atoms with Crippen LogP contribution in [0.4, 0.5) is 0 Å². The zero-order chi connectivity index (χ0) is 14.1. The van der Waals surface area contributed by atoms with E-state index in [9.17, 15) is 16.8 Å². The van der Waals surface area contributed by atoms with Gasteiger partial charge in [-0.05, 0) is 13.8 Å². The zero-order valence-corrected chi connectivity index (χ0v) is 15.3. The number of piperazine rings is 1. The van der Waals surface area contributed by atoms with E-state index in [1.165, 1.54) is 13.8 Å². The molecule has 0 aliphatic carbocycles. The van der Waals surface area contributed by atoms with Gasteiger partial charge >= 0.3 is 29.6 Å². The Morgan fingerprint density at radius 3 is 1.15 bits per heavy atom. The van der Waals surface area contributed by atoms with Crippen LogP contribution in [0.25, 0.3) is 0 Å². The van der Waals surface area contributed by atoms with E-state index in [0.717, 1.165) is 0 Å². The smallest absolute Gasteiger partial charge is 0.870 e. The first-order chi connectivity index (χ1) is 8.03. The maximum absolute atomic E-state index is 11.0. The first-order valence-electron chi connectivity index (χ1n) is 5.44. The maximum Gasteiger partial charge on any atom is 1.00 e. The molecule has 1 fully saturated rings. The van der Waals surface area contributed by atoms with E-state index in [-0.39, 0.29) is 35.0 Å². The van der Waals surface area contributed by atoms with Gasteiger partial charge in [-0.1, -0.05) is 0 Å². The molecule has 0 saturated carbocycles. The molecule has 3 N–H and O–H groups in total. The minimum atomic E-state index is -4.13. The number of hydrogen-bond donors (Lipinski definition) is 2. The Kier molecular flexibility index (Phi) is 9.61. The van der Waals surface area contributed by atoms with Crippen molar-refractivity contribution in [2.45, 2.75) is 24.6 Å². The van der Waals surface area contributed by atoms with Crippen molar-refractivity contribution in [3.63, 3.8) is 0 Å². The predicted molar refractivity (Wildman–Crippen MR) is 67.1 cm³/mol. The third-order valence-electron chi connectivity index (χ3n) is 3.24. The molecule has 0 aromatic rings. The van der Waals surface area contributed by atoms with E-state index < -0.39 is 31.0 Å². The molecule has 2 unspecified atom stereocenters. The van der Waals surface area contributed by atoms with Gasteiger partial charge in [0, 0.05) is 26.2 Å². The normalized spacial score (nSPS) is 21.4. The monoisotopic (exact) mass is 342 g/mol. The molecule has 9 nitrogen and oxygen atoms in total. The number of nitrogens with zero attached hydrogens (tertiary/aromatic N) is 2. The molecule has 0 radical (unpaired) electrons. The summed E-state index contributed by atoms with van der Waals surface area (Å²) in [6, 6.07) is 0. The van der Waals surface area contributed by atoms with E-state index >= 15 is 0 Å². The fraction of sp³-hybridized carbons (Fsp3) is 1.00. The maximum atomic E-state index is 11.0. The van der Waals surface area contributed by atoms with Gasteiger partial charge in [0.2, 0.25) is 0 Å². The van der Waals surface area contributed by atoms with Gasteiger partial charge in [-0.15, -0.1) is 0 Å². The van der Waals surface area contributed by atoms with Crippen LogP contribution >= 0.6 is 0 Å². The van der Waals surface area contributed by atoms with Gasteiger partial charge in [0.15, 0.2) is 0 Å². The Balaban J connectivity index is 0. The SMILES string of the molecule is CC(N1CCN(C(C)S(=O)(=O)O)CC1)S(=O)(=O)O.[Na+].[OH-]. The van der Waals surface area contributed by atoms with Gasteiger partial charge in [-0.3, -0.25) is 18.9 Å². The molecule has 0 aromatic heterocycles. The van der Waals surface area contributed by atoms with Crippen molar-refractivity contribution in [3.8, 4) is 0 Å². The summed E-state index contributed by atoms with van der Waals surface area (Å²) >= 11 is 0. The van der Waals surface area contributed by atoms with Crippen LogP contribution in [0.2, 0.25) is 0 Å². The summed E-state index contributed by atoms with van der Waals surface area (Å²) in [4.78, 5) is 3.09. The molecule has 1 heterocycles. The molecule has 2 atom stereocenters. The molecule has 0 aromatic carbocycles. The summed E-state index contributed by atoms with van der Waals surface area (Å²) in [6.45, 7) is 3.97. The number of rotatable bonds is 4. The quantitative estimate of drug-likeness (QED) is 0.384. The minimum Gasteiger partial charge on any atom is -0.870 e. The first kappa shape index (κ1) is 23.0. The molecule has 0 spiro atoms. The van der Waals surface area contributed by atoms with Gasteiger partial charge in [0.25, 0.3) is 20.2 Å². The van der Waals surface area contributed by atoms with Gasteiger partial charge in [0.1, 0.15) is 10.7 Å². The average molecular weight is 342 g/mol. The van der Waals surface area contributed by atoms with E-state index in [1.807, 2.05) is 0 Å². The fourth-order valence-electron chi connectivity index (χ4n) is 1.84. The standard InChI is InChI=1S/C8H18N2O6S2.Na.H2O/c1-7(17(11,12)13)9-3-5-10(6-4-9)8(2)18(14,15)16;;/h7-8H,3-6H2,1-2H3,(H,11,12,13)(H,14,15,16);;1H2/q;+1;/p-1. The Bertz CT molecular complexity index is 441. The number of hydrogen-bond acceptors (Lipinski definition) is 7. The molecule has 0 bridgehead atoms. The third-order valence-corrected chi connectivity index (χ3v) is 5.56. The summed E-state index contributed by atoms with van der Waals surface area (Å²) in [7, 11) is -8.26. The van der Waals surface area contributed by atoms with Crippen LogP contribution in [0.1, 0.15) is 13.8 Å². The topological polar surface area (TPSA) is 145 Å². The molecule has 1 rings (SSSR count). The van der Waals surface area contributed by atoms with E-state index in [1.54, 1.807) is 9.80 Å². The summed E-state index contributed by atoms with van der Waals surface area (Å²) in [5.41, 5.74) is 0. The van der Waals surface area contributed by atoms with Crippen LogP contribution in [0, 0.1) is 0 Å². The van der Waals surface area contributed by atoms with Crippen molar-refractivity contribution < 1.29 is 61.0 Å². The fourth-order valence-corrected chi connectivity index (χ4v) is 3.02. The minimum absolute atomic E-state index is 0. The van der Waals surface area contributed by atoms with Crippen molar-refractivity contribution >= 4 is 20.2 Å². The summed E-state index contributed by atoms with van der Waals surface area (Å²) in [6.07, 6.45) is 0. The molecule has 20 heavy (non-hydrogen) atoms. The zero-order valence-electron chi connectivity index (χ0n) is 11.7. The van der Waals surface area contributed by atoms with Crippen molar-refractivity contribution in [2.24, 2.45) is 0 Å². The second-order valence-corrected chi connectivity index (χ2v) is 7.72. The first-order valence-corrected chi connectivity index (χ1v) is 8.45. The van der Waals surface area contributed by atoms with Crippen LogP contribution in [-0.4, -0.2) is 78.1 Å². The summed E-state index contributed by atoms with van der Waals surface area (Å²) < 4.78 is 61.7. The molecule has 12 heteroatoms. The van der Waals surface area contributed by atoms with Crippen LogP contribution in [0.3, 0.4) is 0 Å². The summed E-state index contributed by atoms with van der Waals surface area (Å²) in [5, 5.41) is -2.03. The van der Waals surface area contributed by atoms with Crippen LogP contribution in [0.15, 0.2) is 0 Å². The largest absolute Gasteiger partial charge is 1.00 e. The van der Waals surface area contributed by atoms with Crippen molar-refractivity contribution in [3.05, 3.63) is 0 Å². The van der Waals surface area contributed by atoms with Gasteiger partial charge in [-0.25, -0.2) is 0 Å². The third kappa shape index (κ3) is 6.22. The molecule has 116 valence electrons. The second kappa shape index (κ2) is 8.36. The van der Waals surface area contributed by atoms with Gasteiger partial charge < -0.3 is 5.48 Å². The Hall–Kier alpha value is 0.700. The van der Waals surface area contributed by atoms with E-state index in [4.69, 9.17) is 9.11 Å². The molecular weight excluding hydrogens is 323 g/mol. The predicted octanol–water partition coefficient (Wildman–Crippen LogP) is -4.10. The van der Waals surface area contributed by atoms with Crippen molar-refractivity contribution in [1.82, 2.24) is 9.80 Å². The summed E-state index contributed by atoms with van der Waals surface area (Å²) in [5.74, 6) is 0. The van der Waals surface area contributed by atoms with Crippen LogP contribution in [-0.2, 0) is 20.2 Å². The molecule has 1 aliphatic heterocycles. The molecular formula is C8H19N2NaO7S2. The van der Waals surface area contributed by atoms with Gasteiger partial charge in [0.05, 0.1) is 0 Å². The van der Waals surface area contributed by atoms with Crippen molar-refractivity contribution in [1.29, 1.82) is 0 Å². The average Bonchev–Trinajstić information content (AvgIpc) is 2.25. The molecule has 1 aliphatic rings. The Morgan fingerprint density at radius 2 is 1.00 bits per heavy atom. The Labute approximate surface area is 141 Å². The van der Waals surface area contributed by atoms with Crippen molar-refractivity contribution in [2.75, 3.05) is 26.2 Å². The van der Waals surface area contributed by atoms with E-state index in [2.05, 4.69) is 0 Å². The molecule has 1 saturated heterocycles. The molecule has 0 amide bonds. The second-order valence-electron chi connectivity index (χ2n) is 4.30. The van der Waals surface area contributed by atoms with Crippen LogP contribution < -0.4 is 29.6 Å². The van der Waals surface area contributed by atoms with Crippen LogP contribution in [0.5, 0.6) is 0 Å². The van der Waals surface area contributed by atoms with E-state index in [0.29, 0.717) is 26.2 Å². The van der Waals surface area contributed by atoms with Gasteiger partial charge in [-0.2, -0.15) is 16.8 Å². The Morgan fingerprint density at radius 1 is 0.800 bits per heavy atom.